The second-order valence-corrected chi connectivity index (χ2v) is 6.33. The smallest absolute Gasteiger partial charge is 0.109 e. The zero-order chi connectivity index (χ0) is 13.1. The summed E-state index contributed by atoms with van der Waals surface area (Å²) < 4.78 is 5.39. The van der Waals surface area contributed by atoms with Gasteiger partial charge in [-0.15, -0.1) is 0 Å². The molecule has 0 amide bonds. The molecule has 3 rings (SSSR count). The summed E-state index contributed by atoms with van der Waals surface area (Å²) in [5.74, 6) is 0.543. The summed E-state index contributed by atoms with van der Waals surface area (Å²) in [5, 5.41) is 13.3. The van der Waals surface area contributed by atoms with Gasteiger partial charge in [-0.25, -0.2) is 0 Å². The quantitative estimate of drug-likeness (QED) is 0.817. The van der Waals surface area contributed by atoms with Gasteiger partial charge in [0.15, 0.2) is 0 Å². The van der Waals surface area contributed by atoms with E-state index in [0.29, 0.717) is 12.0 Å². The molecular weight excluding hydrogens is 238 g/mol. The molecule has 2 aliphatic carbocycles. The number of nitriles is 1. The van der Waals surface area contributed by atoms with Crippen molar-refractivity contribution in [1.82, 2.24) is 10.2 Å². The molecule has 19 heavy (non-hydrogen) atoms. The lowest BCUT2D eigenvalue weighted by Gasteiger charge is -2.33. The van der Waals surface area contributed by atoms with Gasteiger partial charge < -0.3 is 4.74 Å². The van der Waals surface area contributed by atoms with Gasteiger partial charge in [-0.3, -0.25) is 10.2 Å². The van der Waals surface area contributed by atoms with Crippen LogP contribution in [-0.4, -0.2) is 49.3 Å². The van der Waals surface area contributed by atoms with Gasteiger partial charge >= 0.3 is 0 Å². The first-order chi connectivity index (χ1) is 9.32. The van der Waals surface area contributed by atoms with Crippen molar-refractivity contribution in [2.24, 2.45) is 5.92 Å². The highest BCUT2D eigenvalue weighted by Gasteiger charge is 2.45. The lowest BCUT2D eigenvalue weighted by atomic mass is 9.85. The summed E-state index contributed by atoms with van der Waals surface area (Å²) in [6.07, 6.45) is 7.17. The third-order valence-corrected chi connectivity index (χ3v) is 4.96. The summed E-state index contributed by atoms with van der Waals surface area (Å²) in [4.78, 5) is 2.49. The number of rotatable bonds is 5. The molecule has 0 aromatic heterocycles. The fraction of sp³-hybridized carbons (Fsp3) is 0.933. The van der Waals surface area contributed by atoms with E-state index >= 15 is 0 Å². The minimum absolute atomic E-state index is 0.215. The molecule has 1 aliphatic heterocycles. The van der Waals surface area contributed by atoms with Gasteiger partial charge in [0.2, 0.25) is 0 Å². The van der Waals surface area contributed by atoms with E-state index in [9.17, 15) is 5.26 Å². The van der Waals surface area contributed by atoms with Crippen molar-refractivity contribution < 1.29 is 4.74 Å². The SMILES string of the molecule is N#CC1(NC2CC2)CCCC1CCN1CCOCC1. The first-order valence-corrected chi connectivity index (χ1v) is 7.81. The Labute approximate surface area is 116 Å². The van der Waals surface area contributed by atoms with Crippen LogP contribution >= 0.6 is 0 Å². The maximum absolute atomic E-state index is 9.65. The predicted molar refractivity (Wildman–Crippen MR) is 73.7 cm³/mol. The molecule has 2 saturated carbocycles. The molecule has 1 N–H and O–H groups in total. The summed E-state index contributed by atoms with van der Waals surface area (Å²) >= 11 is 0. The number of hydrogen-bond acceptors (Lipinski definition) is 4. The number of ether oxygens (including phenoxy) is 1. The number of nitrogens with zero attached hydrogens (tertiary/aromatic N) is 2. The van der Waals surface area contributed by atoms with E-state index < -0.39 is 0 Å². The second-order valence-electron chi connectivity index (χ2n) is 6.33. The van der Waals surface area contributed by atoms with E-state index in [1.54, 1.807) is 0 Å². The van der Waals surface area contributed by atoms with E-state index in [0.717, 1.165) is 45.7 Å². The fourth-order valence-corrected chi connectivity index (χ4v) is 3.59. The van der Waals surface area contributed by atoms with Gasteiger partial charge in [0.05, 0.1) is 19.3 Å². The third kappa shape index (κ3) is 3.10. The van der Waals surface area contributed by atoms with Crippen LogP contribution in [0, 0.1) is 17.2 Å². The Hall–Kier alpha value is -0.630. The Morgan fingerprint density at radius 2 is 2.05 bits per heavy atom. The first kappa shape index (κ1) is 13.4. The van der Waals surface area contributed by atoms with E-state index in [1.807, 2.05) is 0 Å². The Bertz CT molecular complexity index is 344. The van der Waals surface area contributed by atoms with Crippen molar-refractivity contribution in [2.45, 2.75) is 50.1 Å². The molecule has 2 unspecified atom stereocenters. The Morgan fingerprint density at radius 1 is 1.26 bits per heavy atom. The van der Waals surface area contributed by atoms with Crippen LogP contribution in [0.4, 0.5) is 0 Å². The molecule has 0 bridgehead atoms. The summed E-state index contributed by atoms with van der Waals surface area (Å²) in [6, 6.07) is 3.26. The van der Waals surface area contributed by atoms with Crippen molar-refractivity contribution in [3.63, 3.8) is 0 Å². The maximum atomic E-state index is 9.65. The number of hydrogen-bond donors (Lipinski definition) is 1. The lowest BCUT2D eigenvalue weighted by molar-refractivity contribution is 0.0342. The molecule has 0 aromatic carbocycles. The Kier molecular flexibility index (Phi) is 4.07. The van der Waals surface area contributed by atoms with Crippen molar-refractivity contribution in [2.75, 3.05) is 32.8 Å². The van der Waals surface area contributed by atoms with Crippen molar-refractivity contribution >= 4 is 0 Å². The summed E-state index contributed by atoms with van der Waals surface area (Å²) in [6.45, 7) is 4.98. The van der Waals surface area contributed by atoms with Crippen molar-refractivity contribution in [1.29, 1.82) is 5.26 Å². The molecule has 0 radical (unpaired) electrons. The standard InChI is InChI=1S/C15H25N3O/c16-12-15(17-14-3-4-14)6-1-2-13(15)5-7-18-8-10-19-11-9-18/h13-14,17H,1-11H2. The highest BCUT2D eigenvalue weighted by atomic mass is 16.5. The van der Waals surface area contributed by atoms with Gasteiger partial charge in [-0.1, -0.05) is 6.42 Å². The number of morpholine rings is 1. The first-order valence-electron chi connectivity index (χ1n) is 7.81. The molecule has 1 saturated heterocycles. The molecular formula is C15H25N3O. The van der Waals surface area contributed by atoms with Crippen LogP contribution in [-0.2, 0) is 4.74 Å². The highest BCUT2D eigenvalue weighted by Crippen LogP contribution is 2.40. The fourth-order valence-electron chi connectivity index (χ4n) is 3.59. The monoisotopic (exact) mass is 263 g/mol. The molecule has 0 aromatic rings. The van der Waals surface area contributed by atoms with Crippen LogP contribution in [0.15, 0.2) is 0 Å². The van der Waals surface area contributed by atoms with Crippen LogP contribution in [0.25, 0.3) is 0 Å². The van der Waals surface area contributed by atoms with Crippen LogP contribution in [0.2, 0.25) is 0 Å². The van der Waals surface area contributed by atoms with Gasteiger partial charge in [-0.05, 0) is 44.6 Å². The summed E-state index contributed by atoms with van der Waals surface area (Å²) in [7, 11) is 0. The van der Waals surface area contributed by atoms with Crippen LogP contribution in [0.1, 0.15) is 38.5 Å². The minimum Gasteiger partial charge on any atom is -0.379 e. The molecule has 2 atom stereocenters. The third-order valence-electron chi connectivity index (χ3n) is 4.96. The Balaban J connectivity index is 1.54. The maximum Gasteiger partial charge on any atom is 0.109 e. The normalized spacial score (nSPS) is 36.3. The molecule has 0 spiro atoms. The van der Waals surface area contributed by atoms with Crippen molar-refractivity contribution in [3.05, 3.63) is 0 Å². The van der Waals surface area contributed by atoms with E-state index in [2.05, 4.69) is 16.3 Å². The minimum atomic E-state index is -0.215. The zero-order valence-corrected chi connectivity index (χ0v) is 11.7. The van der Waals surface area contributed by atoms with Gasteiger partial charge in [-0.2, -0.15) is 5.26 Å². The largest absolute Gasteiger partial charge is 0.379 e. The van der Waals surface area contributed by atoms with E-state index in [1.165, 1.54) is 25.7 Å². The van der Waals surface area contributed by atoms with Gasteiger partial charge in [0.1, 0.15) is 5.54 Å². The molecule has 3 aliphatic rings. The topological polar surface area (TPSA) is 48.3 Å². The van der Waals surface area contributed by atoms with Gasteiger partial charge in [0.25, 0.3) is 0 Å². The molecule has 1 heterocycles. The second kappa shape index (κ2) is 5.78. The molecule has 3 fully saturated rings. The van der Waals surface area contributed by atoms with E-state index in [4.69, 9.17) is 4.74 Å². The zero-order valence-electron chi connectivity index (χ0n) is 11.7. The van der Waals surface area contributed by atoms with Crippen molar-refractivity contribution in [3.8, 4) is 6.07 Å². The molecule has 4 nitrogen and oxygen atoms in total. The van der Waals surface area contributed by atoms with E-state index in [-0.39, 0.29) is 5.54 Å². The highest BCUT2D eigenvalue weighted by molar-refractivity contribution is 5.16. The number of nitrogens with one attached hydrogen (secondary N) is 1. The average Bonchev–Trinajstić information content (AvgIpc) is 3.17. The lowest BCUT2D eigenvalue weighted by Crippen LogP contribution is -2.49. The van der Waals surface area contributed by atoms with Crippen LogP contribution in [0.3, 0.4) is 0 Å². The Morgan fingerprint density at radius 3 is 2.74 bits per heavy atom. The van der Waals surface area contributed by atoms with Gasteiger partial charge in [0, 0.05) is 19.1 Å². The van der Waals surface area contributed by atoms with Crippen LogP contribution in [0.5, 0.6) is 0 Å². The molecule has 106 valence electrons. The van der Waals surface area contributed by atoms with Crippen LogP contribution < -0.4 is 5.32 Å². The average molecular weight is 263 g/mol. The predicted octanol–water partition coefficient (Wildman–Crippen LogP) is 1.52. The summed E-state index contributed by atoms with van der Waals surface area (Å²) in [5.41, 5.74) is -0.215. The molecule has 4 heteroatoms.